The highest BCUT2D eigenvalue weighted by molar-refractivity contribution is 5.87. The Morgan fingerprint density at radius 2 is 2.00 bits per heavy atom. The maximum Gasteiger partial charge on any atom is 0.328 e. The molecule has 104 valence electrons. The molecule has 0 radical (unpaired) electrons. The number of hydrogen-bond donors (Lipinski definition) is 2. The smallest absolute Gasteiger partial charge is 0.328 e. The molecule has 1 saturated heterocycles. The third-order valence-corrected chi connectivity index (χ3v) is 3.16. The summed E-state index contributed by atoms with van der Waals surface area (Å²) >= 11 is 0. The first-order valence-electron chi connectivity index (χ1n) is 6.14. The number of amides is 1. The van der Waals surface area contributed by atoms with Crippen molar-refractivity contribution in [2.24, 2.45) is 5.92 Å². The van der Waals surface area contributed by atoms with Gasteiger partial charge in [0.25, 0.3) is 0 Å². The summed E-state index contributed by atoms with van der Waals surface area (Å²) in [4.78, 5) is 23.5. The van der Waals surface area contributed by atoms with Crippen molar-refractivity contribution < 1.29 is 19.1 Å². The van der Waals surface area contributed by atoms with E-state index < -0.39 is 12.0 Å². The van der Waals surface area contributed by atoms with Crippen LogP contribution in [0.5, 0.6) is 0 Å². The molecule has 0 aliphatic carbocycles. The van der Waals surface area contributed by atoms with E-state index in [1.165, 1.54) is 7.11 Å². The summed E-state index contributed by atoms with van der Waals surface area (Å²) < 4.78 is 9.86. The number of esters is 1. The maximum atomic E-state index is 12.0. The van der Waals surface area contributed by atoms with Gasteiger partial charge in [-0.1, -0.05) is 13.8 Å². The highest BCUT2D eigenvalue weighted by atomic mass is 16.5. The van der Waals surface area contributed by atoms with E-state index in [9.17, 15) is 9.59 Å². The normalized spacial score (nSPS) is 24.9. The minimum atomic E-state index is -0.606. The van der Waals surface area contributed by atoms with Crippen LogP contribution in [0.1, 0.15) is 20.3 Å². The molecule has 1 rings (SSSR count). The summed E-state index contributed by atoms with van der Waals surface area (Å²) in [6.45, 7) is 4.38. The Labute approximate surface area is 107 Å². The predicted octanol–water partition coefficient (Wildman–Crippen LogP) is -0.323. The molecule has 1 aliphatic rings. The molecule has 0 aromatic rings. The molecular weight excluding hydrogens is 236 g/mol. The molecule has 1 amide bonds. The molecule has 0 bridgehead atoms. The van der Waals surface area contributed by atoms with Crippen LogP contribution in [0.4, 0.5) is 0 Å². The summed E-state index contributed by atoms with van der Waals surface area (Å²) in [7, 11) is 2.94. The highest BCUT2D eigenvalue weighted by Crippen LogP contribution is 2.11. The van der Waals surface area contributed by atoms with Crippen LogP contribution in [0.15, 0.2) is 0 Å². The fourth-order valence-corrected chi connectivity index (χ4v) is 1.96. The molecule has 2 unspecified atom stereocenters. The van der Waals surface area contributed by atoms with Crippen molar-refractivity contribution in [3.63, 3.8) is 0 Å². The first kappa shape index (κ1) is 14.9. The van der Waals surface area contributed by atoms with E-state index in [1.807, 2.05) is 13.8 Å². The van der Waals surface area contributed by atoms with Crippen molar-refractivity contribution in [2.75, 3.05) is 20.8 Å². The van der Waals surface area contributed by atoms with E-state index in [-0.39, 0.29) is 24.0 Å². The Bertz CT molecular complexity index is 306. The standard InChI is InChI=1S/C12H22N2O4/c1-7(2)10(12(16)18-4)14-11(15)9-5-8(17-3)6-13-9/h7-10,13H,5-6H2,1-4H3,(H,14,15)/t8?,9?,10-/m0/s1. The van der Waals surface area contributed by atoms with Gasteiger partial charge in [-0.15, -0.1) is 0 Å². The summed E-state index contributed by atoms with van der Waals surface area (Å²) in [5, 5.41) is 5.79. The van der Waals surface area contributed by atoms with Crippen molar-refractivity contribution in [3.8, 4) is 0 Å². The van der Waals surface area contributed by atoms with E-state index in [4.69, 9.17) is 4.74 Å². The minimum absolute atomic E-state index is 0.0129. The van der Waals surface area contributed by atoms with Crippen molar-refractivity contribution in [3.05, 3.63) is 0 Å². The second-order valence-electron chi connectivity index (χ2n) is 4.81. The van der Waals surface area contributed by atoms with Gasteiger partial charge in [0.1, 0.15) is 6.04 Å². The van der Waals surface area contributed by atoms with Gasteiger partial charge in [-0.25, -0.2) is 4.79 Å². The molecule has 0 aromatic carbocycles. The van der Waals surface area contributed by atoms with Gasteiger partial charge < -0.3 is 20.1 Å². The average molecular weight is 258 g/mol. The number of ether oxygens (including phenoxy) is 2. The zero-order chi connectivity index (χ0) is 13.7. The van der Waals surface area contributed by atoms with Crippen molar-refractivity contribution in [2.45, 2.75) is 38.5 Å². The fourth-order valence-electron chi connectivity index (χ4n) is 1.96. The molecule has 1 fully saturated rings. The van der Waals surface area contributed by atoms with E-state index in [1.54, 1.807) is 7.11 Å². The van der Waals surface area contributed by atoms with Gasteiger partial charge in [0.15, 0.2) is 0 Å². The van der Waals surface area contributed by atoms with E-state index in [2.05, 4.69) is 15.4 Å². The van der Waals surface area contributed by atoms with Crippen LogP contribution in [0.3, 0.4) is 0 Å². The third-order valence-electron chi connectivity index (χ3n) is 3.16. The number of nitrogens with one attached hydrogen (secondary N) is 2. The molecule has 3 atom stereocenters. The Kier molecular flexibility index (Phi) is 5.55. The van der Waals surface area contributed by atoms with Crippen molar-refractivity contribution in [1.29, 1.82) is 0 Å². The Morgan fingerprint density at radius 1 is 1.33 bits per heavy atom. The second-order valence-corrected chi connectivity index (χ2v) is 4.81. The number of rotatable bonds is 5. The van der Waals surface area contributed by atoms with Crippen LogP contribution in [0, 0.1) is 5.92 Å². The topological polar surface area (TPSA) is 76.7 Å². The average Bonchev–Trinajstić information content (AvgIpc) is 2.83. The van der Waals surface area contributed by atoms with E-state index in [0.717, 1.165) is 0 Å². The summed E-state index contributed by atoms with van der Waals surface area (Å²) in [5.74, 6) is -0.612. The summed E-state index contributed by atoms with van der Waals surface area (Å²) in [5.41, 5.74) is 0. The Morgan fingerprint density at radius 3 is 2.44 bits per heavy atom. The van der Waals surface area contributed by atoms with Gasteiger partial charge in [0, 0.05) is 13.7 Å². The lowest BCUT2D eigenvalue weighted by Crippen LogP contribution is -2.50. The molecule has 0 saturated carbocycles. The van der Waals surface area contributed by atoms with Gasteiger partial charge in [0.05, 0.1) is 19.3 Å². The van der Waals surface area contributed by atoms with Crippen LogP contribution in [-0.2, 0) is 19.1 Å². The zero-order valence-corrected chi connectivity index (χ0v) is 11.4. The van der Waals surface area contributed by atoms with Crippen molar-refractivity contribution >= 4 is 11.9 Å². The number of methoxy groups -OCH3 is 2. The first-order chi connectivity index (χ1) is 8.49. The number of carbonyl (C=O) groups is 2. The monoisotopic (exact) mass is 258 g/mol. The quantitative estimate of drug-likeness (QED) is 0.661. The molecule has 6 nitrogen and oxygen atoms in total. The van der Waals surface area contributed by atoms with Gasteiger partial charge in [-0.05, 0) is 12.3 Å². The van der Waals surface area contributed by atoms with Gasteiger partial charge >= 0.3 is 5.97 Å². The number of carbonyl (C=O) groups excluding carboxylic acids is 2. The molecule has 18 heavy (non-hydrogen) atoms. The molecule has 2 N–H and O–H groups in total. The fraction of sp³-hybridized carbons (Fsp3) is 0.833. The second kappa shape index (κ2) is 6.70. The van der Waals surface area contributed by atoms with Crippen LogP contribution in [0.2, 0.25) is 0 Å². The van der Waals surface area contributed by atoms with Gasteiger partial charge in [-0.3, -0.25) is 4.79 Å². The Hall–Kier alpha value is -1.14. The lowest BCUT2D eigenvalue weighted by Gasteiger charge is -2.21. The SMILES string of the molecule is COC(=O)[C@@H](NC(=O)C1CC(OC)CN1)C(C)C. The van der Waals surface area contributed by atoms with Crippen molar-refractivity contribution in [1.82, 2.24) is 10.6 Å². The zero-order valence-electron chi connectivity index (χ0n) is 11.4. The molecule has 0 aromatic heterocycles. The minimum Gasteiger partial charge on any atom is -0.467 e. The van der Waals surface area contributed by atoms with Gasteiger partial charge in [0.2, 0.25) is 5.91 Å². The number of hydrogen-bond acceptors (Lipinski definition) is 5. The first-order valence-corrected chi connectivity index (χ1v) is 6.14. The lowest BCUT2D eigenvalue weighted by molar-refractivity contribution is -0.146. The molecule has 0 spiro atoms. The third kappa shape index (κ3) is 3.68. The Balaban J connectivity index is 2.54. The van der Waals surface area contributed by atoms with Crippen LogP contribution < -0.4 is 10.6 Å². The molecule has 1 heterocycles. The van der Waals surface area contributed by atoms with E-state index >= 15 is 0 Å². The predicted molar refractivity (Wildman–Crippen MR) is 66.0 cm³/mol. The molecule has 6 heteroatoms. The van der Waals surface area contributed by atoms with Gasteiger partial charge in [-0.2, -0.15) is 0 Å². The van der Waals surface area contributed by atoms with Crippen LogP contribution in [0.25, 0.3) is 0 Å². The molecular formula is C12H22N2O4. The molecule has 1 aliphatic heterocycles. The summed E-state index contributed by atoms with van der Waals surface area (Å²) in [6, 6.07) is -0.910. The van der Waals surface area contributed by atoms with Crippen LogP contribution >= 0.6 is 0 Å². The van der Waals surface area contributed by atoms with E-state index in [0.29, 0.717) is 13.0 Å². The lowest BCUT2D eigenvalue weighted by atomic mass is 10.0. The van der Waals surface area contributed by atoms with Crippen LogP contribution in [-0.4, -0.2) is 50.8 Å². The maximum absolute atomic E-state index is 12.0. The highest BCUT2D eigenvalue weighted by Gasteiger charge is 2.33. The largest absolute Gasteiger partial charge is 0.467 e. The summed E-state index contributed by atoms with van der Waals surface area (Å²) in [6.07, 6.45) is 0.672.